The number of carbonyl (C=O) groups excluding carboxylic acids is 1. The molecule has 0 fully saturated rings. The van der Waals surface area contributed by atoms with E-state index in [2.05, 4.69) is 0 Å². The van der Waals surface area contributed by atoms with E-state index in [4.69, 9.17) is 4.74 Å². The van der Waals surface area contributed by atoms with Crippen molar-refractivity contribution in [2.24, 2.45) is 0 Å². The lowest BCUT2D eigenvalue weighted by Crippen LogP contribution is -2.03. The molecule has 0 aliphatic heterocycles. The van der Waals surface area contributed by atoms with E-state index in [0.717, 1.165) is 11.3 Å². The summed E-state index contributed by atoms with van der Waals surface area (Å²) in [6.45, 7) is 0.608. The maximum absolute atomic E-state index is 12.8. The number of methoxy groups -OCH3 is 1. The van der Waals surface area contributed by atoms with Gasteiger partial charge in [-0.3, -0.25) is 4.79 Å². The first-order chi connectivity index (χ1) is 7.72. The zero-order valence-corrected chi connectivity index (χ0v) is 10.1. The fourth-order valence-electron chi connectivity index (χ4n) is 1.21. The highest BCUT2D eigenvalue weighted by molar-refractivity contribution is 8.00. The summed E-state index contributed by atoms with van der Waals surface area (Å²) < 4.78 is 17.7. The molecule has 0 amide bonds. The molecule has 0 heterocycles. The maximum atomic E-state index is 12.8. The maximum Gasteiger partial charge on any atom is 0.143 e. The number of halogens is 1. The van der Waals surface area contributed by atoms with Gasteiger partial charge >= 0.3 is 0 Å². The highest BCUT2D eigenvalue weighted by Crippen LogP contribution is 2.19. The second-order valence-electron chi connectivity index (χ2n) is 3.38. The summed E-state index contributed by atoms with van der Waals surface area (Å²) in [6, 6.07) is 6.28. The molecule has 16 heavy (non-hydrogen) atoms. The summed E-state index contributed by atoms with van der Waals surface area (Å²) in [4.78, 5) is 12.2. The largest absolute Gasteiger partial charge is 0.385 e. The van der Waals surface area contributed by atoms with Crippen LogP contribution in [-0.2, 0) is 9.53 Å². The van der Waals surface area contributed by atoms with Crippen LogP contribution < -0.4 is 0 Å². The number of ketones is 1. The Morgan fingerprint density at radius 1 is 1.50 bits per heavy atom. The van der Waals surface area contributed by atoms with Crippen LogP contribution in [0.3, 0.4) is 0 Å². The van der Waals surface area contributed by atoms with Gasteiger partial charge in [0.1, 0.15) is 11.6 Å². The van der Waals surface area contributed by atoms with E-state index in [0.29, 0.717) is 18.8 Å². The summed E-state index contributed by atoms with van der Waals surface area (Å²) in [5.41, 5.74) is 0. The van der Waals surface area contributed by atoms with Gasteiger partial charge in [-0.05, 0) is 24.6 Å². The molecule has 0 unspecified atom stereocenters. The average molecular weight is 242 g/mol. The second kappa shape index (κ2) is 7.41. The first-order valence-corrected chi connectivity index (χ1v) is 6.10. The van der Waals surface area contributed by atoms with Crippen LogP contribution in [0.25, 0.3) is 0 Å². The first-order valence-electron chi connectivity index (χ1n) is 5.11. The molecular weight excluding hydrogens is 227 g/mol. The van der Waals surface area contributed by atoms with Crippen LogP contribution in [-0.4, -0.2) is 25.3 Å². The van der Waals surface area contributed by atoms with Crippen molar-refractivity contribution in [1.29, 1.82) is 0 Å². The predicted octanol–water partition coefficient (Wildman–Crippen LogP) is 2.91. The molecule has 0 aromatic heterocycles. The van der Waals surface area contributed by atoms with Crippen LogP contribution in [0.5, 0.6) is 0 Å². The van der Waals surface area contributed by atoms with Crippen molar-refractivity contribution >= 4 is 17.5 Å². The third-order valence-corrected chi connectivity index (χ3v) is 3.05. The van der Waals surface area contributed by atoms with Gasteiger partial charge in [-0.2, -0.15) is 0 Å². The van der Waals surface area contributed by atoms with Gasteiger partial charge in [0.15, 0.2) is 0 Å². The molecule has 1 aromatic carbocycles. The van der Waals surface area contributed by atoms with Gasteiger partial charge in [0.05, 0.1) is 5.75 Å². The normalized spacial score (nSPS) is 10.4. The van der Waals surface area contributed by atoms with Crippen LogP contribution in [0.15, 0.2) is 29.2 Å². The smallest absolute Gasteiger partial charge is 0.143 e. The van der Waals surface area contributed by atoms with Crippen molar-refractivity contribution in [2.75, 3.05) is 19.5 Å². The molecule has 0 saturated carbocycles. The molecule has 0 N–H and O–H groups in total. The molecule has 0 aliphatic rings. The SMILES string of the molecule is COCCCC(=O)CSc1cccc(F)c1. The van der Waals surface area contributed by atoms with E-state index >= 15 is 0 Å². The molecule has 0 atom stereocenters. The third kappa shape index (κ3) is 5.28. The van der Waals surface area contributed by atoms with Crippen molar-refractivity contribution in [1.82, 2.24) is 0 Å². The Morgan fingerprint density at radius 2 is 2.31 bits per heavy atom. The van der Waals surface area contributed by atoms with E-state index < -0.39 is 0 Å². The molecule has 4 heteroatoms. The lowest BCUT2D eigenvalue weighted by Gasteiger charge is -2.01. The molecule has 1 aromatic rings. The van der Waals surface area contributed by atoms with Crippen molar-refractivity contribution in [3.8, 4) is 0 Å². The predicted molar refractivity (Wildman–Crippen MR) is 63.2 cm³/mol. The highest BCUT2D eigenvalue weighted by Gasteiger charge is 2.03. The third-order valence-electron chi connectivity index (χ3n) is 2.00. The molecule has 0 saturated heterocycles. The van der Waals surface area contributed by atoms with E-state index in [1.165, 1.54) is 23.9 Å². The molecule has 0 bridgehead atoms. The molecular formula is C12H15FO2S. The van der Waals surface area contributed by atoms with Gasteiger partial charge in [-0.15, -0.1) is 11.8 Å². The highest BCUT2D eigenvalue weighted by atomic mass is 32.2. The van der Waals surface area contributed by atoms with Gasteiger partial charge in [0.2, 0.25) is 0 Å². The van der Waals surface area contributed by atoms with Gasteiger partial charge < -0.3 is 4.74 Å². The van der Waals surface area contributed by atoms with Crippen molar-refractivity contribution in [2.45, 2.75) is 17.7 Å². The van der Waals surface area contributed by atoms with Gasteiger partial charge in [-0.1, -0.05) is 6.07 Å². The summed E-state index contributed by atoms with van der Waals surface area (Å²) in [5, 5.41) is 0. The van der Waals surface area contributed by atoms with Gasteiger partial charge in [0, 0.05) is 25.0 Å². The van der Waals surface area contributed by atoms with Crippen LogP contribution in [0, 0.1) is 5.82 Å². The van der Waals surface area contributed by atoms with Crippen LogP contribution in [0.1, 0.15) is 12.8 Å². The lowest BCUT2D eigenvalue weighted by atomic mass is 10.2. The lowest BCUT2D eigenvalue weighted by molar-refractivity contribution is -0.116. The van der Waals surface area contributed by atoms with Crippen molar-refractivity contribution in [3.63, 3.8) is 0 Å². The number of hydrogen-bond acceptors (Lipinski definition) is 3. The standard InChI is InChI=1S/C12H15FO2S/c1-15-7-3-5-11(14)9-16-12-6-2-4-10(13)8-12/h2,4,6,8H,3,5,7,9H2,1H3. The molecule has 0 radical (unpaired) electrons. The minimum atomic E-state index is -0.267. The topological polar surface area (TPSA) is 26.3 Å². The Morgan fingerprint density at radius 3 is 3.00 bits per heavy atom. The van der Waals surface area contributed by atoms with Crippen LogP contribution in [0.2, 0.25) is 0 Å². The Kier molecular flexibility index (Phi) is 6.11. The number of thioether (sulfide) groups is 1. The Labute approximate surface area is 99.2 Å². The monoisotopic (exact) mass is 242 g/mol. The summed E-state index contributed by atoms with van der Waals surface area (Å²) in [5.74, 6) is 0.302. The summed E-state index contributed by atoms with van der Waals surface area (Å²) in [6.07, 6.45) is 1.27. The van der Waals surface area contributed by atoms with Gasteiger partial charge in [0.25, 0.3) is 0 Å². The zero-order chi connectivity index (χ0) is 11.8. The number of carbonyl (C=O) groups is 1. The Hall–Kier alpha value is -0.870. The number of rotatable bonds is 7. The van der Waals surface area contributed by atoms with Crippen LogP contribution in [0.4, 0.5) is 4.39 Å². The van der Waals surface area contributed by atoms with E-state index in [1.807, 2.05) is 0 Å². The van der Waals surface area contributed by atoms with Crippen molar-refractivity contribution < 1.29 is 13.9 Å². The molecule has 2 nitrogen and oxygen atoms in total. The minimum Gasteiger partial charge on any atom is -0.385 e. The zero-order valence-electron chi connectivity index (χ0n) is 9.24. The summed E-state index contributed by atoms with van der Waals surface area (Å²) >= 11 is 1.37. The Balaban J connectivity index is 2.26. The Bertz CT molecular complexity index is 342. The fraction of sp³-hybridized carbons (Fsp3) is 0.417. The summed E-state index contributed by atoms with van der Waals surface area (Å²) in [7, 11) is 1.62. The van der Waals surface area contributed by atoms with Crippen molar-refractivity contribution in [3.05, 3.63) is 30.1 Å². The van der Waals surface area contributed by atoms with Crippen LogP contribution >= 0.6 is 11.8 Å². The number of Topliss-reactive ketones (excluding diaryl/α,β-unsaturated/α-hetero) is 1. The molecule has 1 rings (SSSR count). The molecule has 0 aliphatic carbocycles. The number of hydrogen-bond donors (Lipinski definition) is 0. The van der Waals surface area contributed by atoms with Gasteiger partial charge in [-0.25, -0.2) is 4.39 Å². The average Bonchev–Trinajstić information content (AvgIpc) is 2.27. The van der Waals surface area contributed by atoms with E-state index in [-0.39, 0.29) is 11.6 Å². The first kappa shape index (κ1) is 13.2. The second-order valence-corrected chi connectivity index (χ2v) is 4.43. The quantitative estimate of drug-likeness (QED) is 0.543. The van der Waals surface area contributed by atoms with E-state index in [9.17, 15) is 9.18 Å². The number of ether oxygens (including phenoxy) is 1. The minimum absolute atomic E-state index is 0.173. The fourth-order valence-corrected chi connectivity index (χ4v) is 2.05. The number of benzene rings is 1. The van der Waals surface area contributed by atoms with E-state index in [1.54, 1.807) is 19.2 Å². The molecule has 88 valence electrons. The molecule has 0 spiro atoms.